The molecule has 106 valence electrons. The van der Waals surface area contributed by atoms with Crippen molar-refractivity contribution >= 4 is 17.8 Å². The number of hydrogen-bond donors (Lipinski definition) is 0. The molecule has 5 nitrogen and oxygen atoms in total. The van der Waals surface area contributed by atoms with E-state index in [-0.39, 0.29) is 0 Å². The number of carboxylic acids is 1. The molecule has 0 spiro atoms. The smallest absolute Gasteiger partial charge is 0.233 e. The van der Waals surface area contributed by atoms with Gasteiger partial charge >= 0.3 is 0 Å². The lowest BCUT2D eigenvalue weighted by Crippen LogP contribution is -2.41. The van der Waals surface area contributed by atoms with E-state index in [4.69, 9.17) is 0 Å². The standard InChI is InChI=1S/C15H17NO4/c1-9-3-5-11(6-4-9)7-12-10(2)14(19)16(15(12)20)8-13(17)18/h3-6,10,12H,7-8H2,1-2H3,(H,17,18)/p-1. The van der Waals surface area contributed by atoms with Crippen LogP contribution >= 0.6 is 0 Å². The van der Waals surface area contributed by atoms with E-state index in [1.807, 2.05) is 31.2 Å². The van der Waals surface area contributed by atoms with E-state index in [9.17, 15) is 19.5 Å². The molecule has 5 heteroatoms. The van der Waals surface area contributed by atoms with Crippen LogP contribution in [0.4, 0.5) is 0 Å². The Kier molecular flexibility index (Phi) is 3.88. The zero-order chi connectivity index (χ0) is 14.9. The van der Waals surface area contributed by atoms with Gasteiger partial charge in [0.2, 0.25) is 11.8 Å². The maximum atomic E-state index is 12.1. The summed E-state index contributed by atoms with van der Waals surface area (Å²) in [6, 6.07) is 7.73. The minimum Gasteiger partial charge on any atom is -0.548 e. The number of aryl methyl sites for hydroxylation is 1. The van der Waals surface area contributed by atoms with Gasteiger partial charge in [-0.1, -0.05) is 36.8 Å². The van der Waals surface area contributed by atoms with E-state index in [1.54, 1.807) is 6.92 Å². The predicted molar refractivity (Wildman–Crippen MR) is 69.3 cm³/mol. The van der Waals surface area contributed by atoms with Crippen molar-refractivity contribution in [3.05, 3.63) is 35.4 Å². The van der Waals surface area contributed by atoms with Crippen molar-refractivity contribution in [3.8, 4) is 0 Å². The second-order valence-electron chi connectivity index (χ2n) is 5.22. The van der Waals surface area contributed by atoms with Gasteiger partial charge in [0.25, 0.3) is 0 Å². The summed E-state index contributed by atoms with van der Waals surface area (Å²) < 4.78 is 0. The van der Waals surface area contributed by atoms with Gasteiger partial charge in [0.05, 0.1) is 18.4 Å². The van der Waals surface area contributed by atoms with Crippen LogP contribution in [-0.4, -0.2) is 29.2 Å². The lowest BCUT2D eigenvalue weighted by molar-refractivity contribution is -0.305. The number of imide groups is 1. The van der Waals surface area contributed by atoms with Gasteiger partial charge in [-0.2, -0.15) is 0 Å². The van der Waals surface area contributed by atoms with Gasteiger partial charge in [-0.05, 0) is 18.9 Å². The van der Waals surface area contributed by atoms with Gasteiger partial charge in [-0.25, -0.2) is 0 Å². The number of hydrogen-bond acceptors (Lipinski definition) is 4. The molecule has 0 bridgehead atoms. The van der Waals surface area contributed by atoms with Gasteiger partial charge in [0, 0.05) is 5.92 Å². The highest BCUT2D eigenvalue weighted by Crippen LogP contribution is 2.28. The molecule has 1 aromatic rings. The third-order valence-electron chi connectivity index (χ3n) is 3.71. The van der Waals surface area contributed by atoms with Crippen LogP contribution in [0, 0.1) is 18.8 Å². The minimum atomic E-state index is -1.42. The fraction of sp³-hybridized carbons (Fsp3) is 0.400. The molecule has 1 aliphatic rings. The van der Waals surface area contributed by atoms with E-state index in [1.165, 1.54) is 0 Å². The van der Waals surface area contributed by atoms with E-state index in [0.29, 0.717) is 6.42 Å². The van der Waals surface area contributed by atoms with Crippen molar-refractivity contribution in [1.82, 2.24) is 4.90 Å². The molecule has 1 aliphatic heterocycles. The monoisotopic (exact) mass is 274 g/mol. The van der Waals surface area contributed by atoms with Gasteiger partial charge in [0.15, 0.2) is 0 Å². The van der Waals surface area contributed by atoms with Crippen molar-refractivity contribution in [2.75, 3.05) is 6.54 Å². The molecule has 2 atom stereocenters. The van der Waals surface area contributed by atoms with Crippen LogP contribution < -0.4 is 5.11 Å². The minimum absolute atomic E-state index is 0.424. The van der Waals surface area contributed by atoms with Crippen molar-refractivity contribution < 1.29 is 19.5 Å². The molecule has 0 radical (unpaired) electrons. The first-order chi connectivity index (χ1) is 9.40. The zero-order valence-corrected chi connectivity index (χ0v) is 11.5. The number of rotatable bonds is 4. The number of aliphatic carboxylic acids is 1. The molecule has 0 aromatic heterocycles. The number of carboxylic acid groups (broad SMARTS) is 1. The quantitative estimate of drug-likeness (QED) is 0.719. The average molecular weight is 274 g/mol. The third-order valence-corrected chi connectivity index (χ3v) is 3.71. The second-order valence-corrected chi connectivity index (χ2v) is 5.22. The molecular weight excluding hydrogens is 258 g/mol. The summed E-state index contributed by atoms with van der Waals surface area (Å²) in [5, 5.41) is 10.6. The largest absolute Gasteiger partial charge is 0.548 e. The molecule has 0 aliphatic carbocycles. The SMILES string of the molecule is Cc1ccc(CC2C(=O)N(CC(=O)[O-])C(=O)C2C)cc1. The van der Waals surface area contributed by atoms with Gasteiger partial charge in [-0.15, -0.1) is 0 Å². The number of nitrogens with zero attached hydrogens (tertiary/aromatic N) is 1. The topological polar surface area (TPSA) is 77.5 Å². The molecule has 1 heterocycles. The molecular formula is C15H16NO4-. The fourth-order valence-corrected chi connectivity index (χ4v) is 2.47. The summed E-state index contributed by atoms with van der Waals surface area (Å²) in [5.74, 6) is -3.27. The molecule has 1 aromatic carbocycles. The summed E-state index contributed by atoms with van der Waals surface area (Å²) in [6.45, 7) is 2.97. The van der Waals surface area contributed by atoms with Crippen molar-refractivity contribution in [2.24, 2.45) is 11.8 Å². The summed E-state index contributed by atoms with van der Waals surface area (Å²) >= 11 is 0. The van der Waals surface area contributed by atoms with Crippen LogP contribution in [0.2, 0.25) is 0 Å². The Labute approximate surface area is 117 Å². The molecule has 0 saturated carbocycles. The van der Waals surface area contributed by atoms with E-state index < -0.39 is 36.2 Å². The molecule has 2 unspecified atom stereocenters. The maximum absolute atomic E-state index is 12.1. The summed E-state index contributed by atoms with van der Waals surface area (Å²) in [6.07, 6.45) is 0.440. The van der Waals surface area contributed by atoms with Crippen LogP contribution in [0.25, 0.3) is 0 Å². The average Bonchev–Trinajstić information content (AvgIpc) is 2.58. The number of likely N-dealkylation sites (tertiary alicyclic amines) is 1. The Morgan fingerprint density at radius 1 is 1.20 bits per heavy atom. The highest BCUT2D eigenvalue weighted by Gasteiger charge is 2.44. The summed E-state index contributed by atoms with van der Waals surface area (Å²) in [4.78, 5) is 35.5. The highest BCUT2D eigenvalue weighted by atomic mass is 16.4. The zero-order valence-electron chi connectivity index (χ0n) is 11.5. The number of amides is 2. The van der Waals surface area contributed by atoms with Gasteiger partial charge in [0.1, 0.15) is 0 Å². The normalized spacial score (nSPS) is 22.4. The van der Waals surface area contributed by atoms with Crippen molar-refractivity contribution in [3.63, 3.8) is 0 Å². The second kappa shape index (κ2) is 5.45. The Morgan fingerprint density at radius 3 is 2.35 bits per heavy atom. The Morgan fingerprint density at radius 2 is 1.80 bits per heavy atom. The first-order valence-electron chi connectivity index (χ1n) is 6.50. The van der Waals surface area contributed by atoms with E-state index >= 15 is 0 Å². The summed E-state index contributed by atoms with van der Waals surface area (Å²) in [7, 11) is 0. The van der Waals surface area contributed by atoms with Gasteiger partial charge < -0.3 is 9.90 Å². The number of carbonyl (C=O) groups is 3. The lowest BCUT2D eigenvalue weighted by Gasteiger charge is -2.15. The predicted octanol–water partition coefficient (Wildman–Crippen LogP) is -0.0915. The Bertz CT molecular complexity index is 549. The van der Waals surface area contributed by atoms with Crippen LogP contribution in [-0.2, 0) is 20.8 Å². The first-order valence-corrected chi connectivity index (χ1v) is 6.50. The number of carbonyl (C=O) groups excluding carboxylic acids is 3. The molecule has 2 rings (SSSR count). The Balaban J connectivity index is 2.16. The van der Waals surface area contributed by atoms with E-state index in [2.05, 4.69) is 0 Å². The maximum Gasteiger partial charge on any atom is 0.233 e. The van der Waals surface area contributed by atoms with Crippen LogP contribution in [0.5, 0.6) is 0 Å². The lowest BCUT2D eigenvalue weighted by atomic mass is 9.90. The van der Waals surface area contributed by atoms with Crippen LogP contribution in [0.15, 0.2) is 24.3 Å². The molecule has 20 heavy (non-hydrogen) atoms. The van der Waals surface area contributed by atoms with E-state index in [0.717, 1.165) is 16.0 Å². The van der Waals surface area contributed by atoms with Crippen LogP contribution in [0.1, 0.15) is 18.1 Å². The van der Waals surface area contributed by atoms with Crippen molar-refractivity contribution in [2.45, 2.75) is 20.3 Å². The van der Waals surface area contributed by atoms with Crippen molar-refractivity contribution in [1.29, 1.82) is 0 Å². The Hall–Kier alpha value is -2.17. The van der Waals surface area contributed by atoms with Crippen LogP contribution in [0.3, 0.4) is 0 Å². The highest BCUT2D eigenvalue weighted by molar-refractivity contribution is 6.06. The first kappa shape index (κ1) is 14.2. The summed E-state index contributed by atoms with van der Waals surface area (Å²) in [5.41, 5.74) is 2.08. The number of benzene rings is 1. The van der Waals surface area contributed by atoms with Gasteiger partial charge in [-0.3, -0.25) is 14.5 Å². The molecule has 0 N–H and O–H groups in total. The molecule has 2 amide bonds. The third kappa shape index (κ3) is 2.71. The molecule has 1 fully saturated rings. The molecule has 1 saturated heterocycles. The fourth-order valence-electron chi connectivity index (χ4n) is 2.47.